The van der Waals surface area contributed by atoms with E-state index in [1.807, 2.05) is 30.3 Å². The zero-order valence-electron chi connectivity index (χ0n) is 18.8. The average Bonchev–Trinajstić information content (AvgIpc) is 3.05. The van der Waals surface area contributed by atoms with E-state index in [-0.39, 0.29) is 28.1 Å². The van der Waals surface area contributed by atoms with E-state index in [0.717, 1.165) is 21.6 Å². The van der Waals surface area contributed by atoms with Crippen molar-refractivity contribution in [3.8, 4) is 5.75 Å². The first-order valence-electron chi connectivity index (χ1n) is 10.7. The van der Waals surface area contributed by atoms with Crippen molar-refractivity contribution in [3.05, 3.63) is 94.0 Å². The highest BCUT2D eigenvalue weighted by Gasteiger charge is 2.40. The third kappa shape index (κ3) is 5.34. The lowest BCUT2D eigenvalue weighted by Crippen LogP contribution is -2.32. The number of benzene rings is 3. The van der Waals surface area contributed by atoms with Crippen LogP contribution in [0.2, 0.25) is 5.02 Å². The second-order valence-electron chi connectivity index (χ2n) is 7.85. The van der Waals surface area contributed by atoms with Crippen LogP contribution in [0.4, 0.5) is 11.4 Å². The molecule has 9 heteroatoms. The Bertz CT molecular complexity index is 1320. The highest BCUT2D eigenvalue weighted by molar-refractivity contribution is 8.04. The molecule has 0 bridgehead atoms. The van der Waals surface area contributed by atoms with E-state index in [9.17, 15) is 19.5 Å². The molecule has 2 N–H and O–H groups in total. The largest absolute Gasteiger partial charge is 0.506 e. The highest BCUT2D eigenvalue weighted by Crippen LogP contribution is 2.39. The van der Waals surface area contributed by atoms with Crippen molar-refractivity contribution < 1.29 is 24.2 Å². The molecule has 0 atom stereocenters. The molecule has 7 nitrogen and oxygen atoms in total. The smallest absolute Gasteiger partial charge is 0.338 e. The molecule has 1 aliphatic heterocycles. The number of phenolic OH excluding ortho intramolecular Hbond substituents is 1. The van der Waals surface area contributed by atoms with Gasteiger partial charge in [0.1, 0.15) is 16.4 Å². The van der Waals surface area contributed by atoms with Crippen molar-refractivity contribution in [1.82, 2.24) is 0 Å². The summed E-state index contributed by atoms with van der Waals surface area (Å²) in [6.45, 7) is 3.50. The molecule has 0 saturated heterocycles. The number of carbonyl (C=O) groups excluding carboxylic acids is 3. The Morgan fingerprint density at radius 3 is 2.34 bits per heavy atom. The molecule has 0 saturated carbocycles. The van der Waals surface area contributed by atoms with Gasteiger partial charge in [-0.1, -0.05) is 41.6 Å². The standard InChI is InChI=1S/C26H21ClN2O5S/c1-15(2)34-26(33)16-8-11-18(12-9-16)29-24(31)22(28-20-14-17(27)10-13-21(20)30)23(25(29)32)35-19-6-4-3-5-7-19/h3-15,28,30H,1-2H3. The Balaban J connectivity index is 1.69. The van der Waals surface area contributed by atoms with Crippen molar-refractivity contribution in [2.45, 2.75) is 24.8 Å². The number of imide groups is 1. The second-order valence-corrected chi connectivity index (χ2v) is 9.37. The third-order valence-electron chi connectivity index (χ3n) is 4.93. The van der Waals surface area contributed by atoms with E-state index in [1.165, 1.54) is 42.5 Å². The average molecular weight is 509 g/mol. The van der Waals surface area contributed by atoms with E-state index in [0.29, 0.717) is 16.3 Å². The maximum Gasteiger partial charge on any atom is 0.338 e. The van der Waals surface area contributed by atoms with Gasteiger partial charge in [-0.3, -0.25) is 9.59 Å². The van der Waals surface area contributed by atoms with Gasteiger partial charge < -0.3 is 15.2 Å². The van der Waals surface area contributed by atoms with Gasteiger partial charge in [-0.15, -0.1) is 0 Å². The molecule has 0 spiro atoms. The highest BCUT2D eigenvalue weighted by atomic mass is 35.5. The molecule has 1 aliphatic rings. The minimum Gasteiger partial charge on any atom is -0.506 e. The summed E-state index contributed by atoms with van der Waals surface area (Å²) >= 11 is 7.19. The number of hydrogen-bond acceptors (Lipinski definition) is 7. The molecule has 3 aromatic rings. The summed E-state index contributed by atoms with van der Waals surface area (Å²) in [5, 5.41) is 13.5. The Labute approximate surface area is 211 Å². The van der Waals surface area contributed by atoms with Crippen LogP contribution in [0.3, 0.4) is 0 Å². The quantitative estimate of drug-likeness (QED) is 0.243. The Hall–Kier alpha value is -3.75. The van der Waals surface area contributed by atoms with Crippen molar-refractivity contribution in [3.63, 3.8) is 0 Å². The first kappa shape index (κ1) is 24.4. The normalized spacial score (nSPS) is 13.5. The Kier molecular flexibility index (Phi) is 7.14. The lowest BCUT2D eigenvalue weighted by atomic mass is 10.2. The summed E-state index contributed by atoms with van der Waals surface area (Å²) in [4.78, 5) is 41.0. The minimum absolute atomic E-state index is 0.00436. The summed E-state index contributed by atoms with van der Waals surface area (Å²) in [6.07, 6.45) is -0.276. The van der Waals surface area contributed by atoms with Crippen molar-refractivity contribution in [2.24, 2.45) is 0 Å². The molecule has 0 unspecified atom stereocenters. The van der Waals surface area contributed by atoms with E-state index in [1.54, 1.807) is 13.8 Å². The van der Waals surface area contributed by atoms with Gasteiger partial charge in [-0.05, 0) is 68.4 Å². The predicted molar refractivity (Wildman–Crippen MR) is 136 cm³/mol. The molecule has 1 heterocycles. The molecule has 4 rings (SSSR count). The van der Waals surface area contributed by atoms with Crippen LogP contribution in [-0.2, 0) is 14.3 Å². The van der Waals surface area contributed by atoms with Crippen LogP contribution in [0.5, 0.6) is 5.75 Å². The SMILES string of the molecule is CC(C)OC(=O)c1ccc(N2C(=O)C(Nc3cc(Cl)ccc3O)=C(Sc3ccccc3)C2=O)cc1. The molecule has 0 aromatic heterocycles. The number of nitrogens with zero attached hydrogens (tertiary/aromatic N) is 1. The monoisotopic (exact) mass is 508 g/mol. The van der Waals surface area contributed by atoms with Crippen LogP contribution >= 0.6 is 23.4 Å². The van der Waals surface area contributed by atoms with Crippen molar-refractivity contribution >= 4 is 52.5 Å². The molecular formula is C26H21ClN2O5S. The maximum absolute atomic E-state index is 13.4. The van der Waals surface area contributed by atoms with Gasteiger partial charge in [0.2, 0.25) is 0 Å². The van der Waals surface area contributed by atoms with Crippen LogP contribution in [0.15, 0.2) is 88.3 Å². The van der Waals surface area contributed by atoms with Gasteiger partial charge in [0.25, 0.3) is 11.8 Å². The van der Waals surface area contributed by atoms with Crippen molar-refractivity contribution in [2.75, 3.05) is 10.2 Å². The van der Waals surface area contributed by atoms with Crippen molar-refractivity contribution in [1.29, 1.82) is 0 Å². The maximum atomic E-state index is 13.4. The number of esters is 1. The number of amides is 2. The number of nitrogens with one attached hydrogen (secondary N) is 1. The lowest BCUT2D eigenvalue weighted by molar-refractivity contribution is -0.120. The number of halogens is 1. The van der Waals surface area contributed by atoms with Gasteiger partial charge in [0, 0.05) is 9.92 Å². The molecular weight excluding hydrogens is 488 g/mol. The van der Waals surface area contributed by atoms with E-state index in [2.05, 4.69) is 5.32 Å². The summed E-state index contributed by atoms with van der Waals surface area (Å²) in [6, 6.07) is 19.5. The summed E-state index contributed by atoms with van der Waals surface area (Å²) in [5.74, 6) is -1.77. The first-order valence-corrected chi connectivity index (χ1v) is 11.9. The Morgan fingerprint density at radius 2 is 1.69 bits per heavy atom. The topological polar surface area (TPSA) is 95.9 Å². The van der Waals surface area contributed by atoms with E-state index >= 15 is 0 Å². The summed E-state index contributed by atoms with van der Waals surface area (Å²) < 4.78 is 5.19. The third-order valence-corrected chi connectivity index (χ3v) is 6.25. The number of anilines is 2. The molecule has 0 aliphatic carbocycles. The van der Waals surface area contributed by atoms with Gasteiger partial charge in [0.05, 0.1) is 23.0 Å². The van der Waals surface area contributed by atoms with E-state index < -0.39 is 17.8 Å². The fourth-order valence-electron chi connectivity index (χ4n) is 3.33. The summed E-state index contributed by atoms with van der Waals surface area (Å²) in [7, 11) is 0. The molecule has 2 amide bonds. The van der Waals surface area contributed by atoms with Gasteiger partial charge in [0.15, 0.2) is 0 Å². The van der Waals surface area contributed by atoms with E-state index in [4.69, 9.17) is 16.3 Å². The number of carbonyl (C=O) groups is 3. The molecule has 0 radical (unpaired) electrons. The fraction of sp³-hybridized carbons (Fsp3) is 0.115. The molecule has 3 aromatic carbocycles. The number of thioether (sulfide) groups is 1. The molecule has 0 fully saturated rings. The molecule has 178 valence electrons. The second kappa shape index (κ2) is 10.2. The van der Waals surface area contributed by atoms with Crippen LogP contribution < -0.4 is 10.2 Å². The zero-order valence-corrected chi connectivity index (χ0v) is 20.4. The number of aromatic hydroxyl groups is 1. The lowest BCUT2D eigenvalue weighted by Gasteiger charge is -2.16. The van der Waals surface area contributed by atoms with Crippen LogP contribution in [0.25, 0.3) is 0 Å². The predicted octanol–water partition coefficient (Wildman–Crippen LogP) is 5.60. The number of phenols is 1. The number of rotatable bonds is 7. The number of ether oxygens (including phenoxy) is 1. The van der Waals surface area contributed by atoms with Crippen LogP contribution in [0.1, 0.15) is 24.2 Å². The summed E-state index contributed by atoms with van der Waals surface area (Å²) in [5.41, 5.74) is 0.785. The zero-order chi connectivity index (χ0) is 25.1. The van der Waals surface area contributed by atoms with Gasteiger partial charge in [-0.2, -0.15) is 0 Å². The van der Waals surface area contributed by atoms with Gasteiger partial charge >= 0.3 is 5.97 Å². The number of hydrogen-bond donors (Lipinski definition) is 2. The Morgan fingerprint density at radius 1 is 1.00 bits per heavy atom. The first-order chi connectivity index (χ1) is 16.7. The molecule has 35 heavy (non-hydrogen) atoms. The van der Waals surface area contributed by atoms with Crippen LogP contribution in [-0.4, -0.2) is 29.0 Å². The van der Waals surface area contributed by atoms with Gasteiger partial charge in [-0.25, -0.2) is 9.69 Å². The minimum atomic E-state index is -0.606. The van der Waals surface area contributed by atoms with Crippen LogP contribution in [0, 0.1) is 0 Å². The fourth-order valence-corrected chi connectivity index (χ4v) is 4.45.